The van der Waals surface area contributed by atoms with Gasteiger partial charge in [0, 0.05) is 43.6 Å². The third kappa shape index (κ3) is 2.75. The first kappa shape index (κ1) is 12.3. The molecule has 4 heteroatoms. The molecule has 4 nitrogen and oxygen atoms in total. The summed E-state index contributed by atoms with van der Waals surface area (Å²) < 4.78 is 0. The van der Waals surface area contributed by atoms with E-state index in [4.69, 9.17) is 0 Å². The van der Waals surface area contributed by atoms with Crippen molar-refractivity contribution in [3.63, 3.8) is 0 Å². The molecule has 0 N–H and O–H groups in total. The molecule has 1 aliphatic rings. The maximum Gasteiger partial charge on any atom is 0.225 e. The topological polar surface area (TPSA) is 32.3 Å². The van der Waals surface area contributed by atoms with Gasteiger partial charge in [0.15, 0.2) is 0 Å². The van der Waals surface area contributed by atoms with Crippen LogP contribution in [0.25, 0.3) is 0 Å². The Morgan fingerprint density at radius 3 is 2.71 bits per heavy atom. The predicted molar refractivity (Wildman–Crippen MR) is 70.3 cm³/mol. The van der Waals surface area contributed by atoms with Gasteiger partial charge >= 0.3 is 0 Å². The third-order valence-electron chi connectivity index (χ3n) is 3.41. The number of hydrogen-bond donors (Lipinski definition) is 0. The van der Waals surface area contributed by atoms with Crippen molar-refractivity contribution in [2.45, 2.75) is 39.8 Å². The van der Waals surface area contributed by atoms with Crippen molar-refractivity contribution in [3.05, 3.63) is 18.0 Å². The van der Waals surface area contributed by atoms with Gasteiger partial charge in [-0.1, -0.05) is 0 Å². The lowest BCUT2D eigenvalue weighted by Gasteiger charge is -2.42. The van der Waals surface area contributed by atoms with E-state index in [-0.39, 0.29) is 0 Å². The summed E-state index contributed by atoms with van der Waals surface area (Å²) >= 11 is 0. The van der Waals surface area contributed by atoms with Crippen LogP contribution in [0.1, 0.15) is 26.5 Å². The van der Waals surface area contributed by atoms with E-state index in [2.05, 4.69) is 40.5 Å². The Kier molecular flexibility index (Phi) is 3.62. The van der Waals surface area contributed by atoms with Gasteiger partial charge in [-0.2, -0.15) is 0 Å². The lowest BCUT2D eigenvalue weighted by Crippen LogP contribution is -2.54. The van der Waals surface area contributed by atoms with Gasteiger partial charge in [0.25, 0.3) is 0 Å². The van der Waals surface area contributed by atoms with E-state index in [1.54, 1.807) is 0 Å². The maximum atomic E-state index is 4.50. The first-order valence-electron chi connectivity index (χ1n) is 6.38. The highest BCUT2D eigenvalue weighted by Gasteiger charge is 2.26. The fraction of sp³-hybridized carbons (Fsp3) is 0.692. The van der Waals surface area contributed by atoms with Gasteiger partial charge in [0.1, 0.15) is 0 Å². The van der Waals surface area contributed by atoms with Crippen molar-refractivity contribution in [1.29, 1.82) is 0 Å². The van der Waals surface area contributed by atoms with Crippen molar-refractivity contribution >= 4 is 5.95 Å². The van der Waals surface area contributed by atoms with Crippen LogP contribution >= 0.6 is 0 Å². The molecular formula is C13H22N4. The second kappa shape index (κ2) is 5.00. The predicted octanol–water partition coefficient (Wildman–Crippen LogP) is 1.70. The van der Waals surface area contributed by atoms with Crippen LogP contribution in [-0.4, -0.2) is 46.6 Å². The van der Waals surface area contributed by atoms with Crippen LogP contribution in [0.5, 0.6) is 0 Å². The SMILES string of the molecule is Cc1ccnc(N2CCN(C(C)C)[C@H](C)C2)n1. The molecule has 1 aliphatic heterocycles. The van der Waals surface area contributed by atoms with E-state index >= 15 is 0 Å². The summed E-state index contributed by atoms with van der Waals surface area (Å²) in [6, 6.07) is 3.12. The number of rotatable bonds is 2. The third-order valence-corrected chi connectivity index (χ3v) is 3.41. The minimum absolute atomic E-state index is 0.563. The lowest BCUT2D eigenvalue weighted by atomic mass is 10.1. The zero-order chi connectivity index (χ0) is 12.4. The average Bonchev–Trinajstić information content (AvgIpc) is 2.28. The van der Waals surface area contributed by atoms with E-state index in [9.17, 15) is 0 Å². The molecule has 1 aromatic heterocycles. The molecule has 0 aromatic carbocycles. The molecule has 0 bridgehead atoms. The maximum absolute atomic E-state index is 4.50. The minimum Gasteiger partial charge on any atom is -0.338 e. The largest absolute Gasteiger partial charge is 0.338 e. The van der Waals surface area contributed by atoms with Gasteiger partial charge in [-0.25, -0.2) is 9.97 Å². The molecule has 0 radical (unpaired) electrons. The molecule has 1 aromatic rings. The number of anilines is 1. The molecular weight excluding hydrogens is 212 g/mol. The summed E-state index contributed by atoms with van der Waals surface area (Å²) in [7, 11) is 0. The Hall–Kier alpha value is -1.16. The number of hydrogen-bond acceptors (Lipinski definition) is 4. The molecule has 0 aliphatic carbocycles. The first-order chi connectivity index (χ1) is 8.08. The quantitative estimate of drug-likeness (QED) is 0.779. The second-order valence-electron chi connectivity index (χ2n) is 5.12. The fourth-order valence-electron chi connectivity index (χ4n) is 2.51. The zero-order valence-corrected chi connectivity index (χ0v) is 11.2. The van der Waals surface area contributed by atoms with Gasteiger partial charge in [0.05, 0.1) is 0 Å². The smallest absolute Gasteiger partial charge is 0.225 e. The summed E-state index contributed by atoms with van der Waals surface area (Å²) in [5.41, 5.74) is 1.04. The molecule has 2 heterocycles. The van der Waals surface area contributed by atoms with E-state index in [0.717, 1.165) is 31.3 Å². The van der Waals surface area contributed by atoms with Crippen LogP contribution in [0, 0.1) is 6.92 Å². The molecule has 0 spiro atoms. The molecule has 0 amide bonds. The monoisotopic (exact) mass is 234 g/mol. The van der Waals surface area contributed by atoms with Crippen molar-refractivity contribution in [2.24, 2.45) is 0 Å². The average molecular weight is 234 g/mol. The van der Waals surface area contributed by atoms with Crippen LogP contribution in [0.2, 0.25) is 0 Å². The molecule has 2 rings (SSSR count). The van der Waals surface area contributed by atoms with Crippen molar-refractivity contribution < 1.29 is 0 Å². The highest BCUT2D eigenvalue weighted by atomic mass is 15.3. The summed E-state index contributed by atoms with van der Waals surface area (Å²) in [6.07, 6.45) is 1.84. The Labute approximate surface area is 104 Å². The van der Waals surface area contributed by atoms with E-state index in [1.165, 1.54) is 0 Å². The Bertz CT molecular complexity index is 377. The summed E-state index contributed by atoms with van der Waals surface area (Å²) in [4.78, 5) is 13.7. The van der Waals surface area contributed by atoms with Crippen molar-refractivity contribution in [2.75, 3.05) is 24.5 Å². The van der Waals surface area contributed by atoms with Gasteiger partial charge in [-0.05, 0) is 33.8 Å². The Morgan fingerprint density at radius 2 is 2.12 bits per heavy atom. The number of nitrogens with zero attached hydrogens (tertiary/aromatic N) is 4. The van der Waals surface area contributed by atoms with E-state index in [0.29, 0.717) is 12.1 Å². The van der Waals surface area contributed by atoms with Crippen molar-refractivity contribution in [1.82, 2.24) is 14.9 Å². The Morgan fingerprint density at radius 1 is 1.35 bits per heavy atom. The number of piperazine rings is 1. The van der Waals surface area contributed by atoms with Gasteiger partial charge < -0.3 is 4.90 Å². The molecule has 1 fully saturated rings. The molecule has 1 saturated heterocycles. The molecule has 0 unspecified atom stereocenters. The van der Waals surface area contributed by atoms with Crippen LogP contribution in [-0.2, 0) is 0 Å². The molecule has 94 valence electrons. The second-order valence-corrected chi connectivity index (χ2v) is 5.12. The van der Waals surface area contributed by atoms with Gasteiger partial charge in [-0.15, -0.1) is 0 Å². The molecule has 1 atom stereocenters. The van der Waals surface area contributed by atoms with Crippen LogP contribution < -0.4 is 4.90 Å². The van der Waals surface area contributed by atoms with Crippen LogP contribution in [0.4, 0.5) is 5.95 Å². The van der Waals surface area contributed by atoms with Crippen molar-refractivity contribution in [3.8, 4) is 0 Å². The van der Waals surface area contributed by atoms with E-state index < -0.39 is 0 Å². The summed E-state index contributed by atoms with van der Waals surface area (Å²) in [6.45, 7) is 11.9. The first-order valence-corrected chi connectivity index (χ1v) is 6.38. The zero-order valence-electron chi connectivity index (χ0n) is 11.2. The van der Waals surface area contributed by atoms with Crippen LogP contribution in [0.3, 0.4) is 0 Å². The normalized spacial score (nSPS) is 22.2. The van der Waals surface area contributed by atoms with Gasteiger partial charge in [-0.3, -0.25) is 4.90 Å². The molecule has 0 saturated carbocycles. The molecule has 17 heavy (non-hydrogen) atoms. The van der Waals surface area contributed by atoms with Crippen LogP contribution in [0.15, 0.2) is 12.3 Å². The summed E-state index contributed by atoms with van der Waals surface area (Å²) in [5.74, 6) is 0.875. The minimum atomic E-state index is 0.563. The highest BCUT2D eigenvalue weighted by molar-refractivity contribution is 5.31. The number of aryl methyl sites for hydroxylation is 1. The highest BCUT2D eigenvalue weighted by Crippen LogP contribution is 2.16. The lowest BCUT2D eigenvalue weighted by molar-refractivity contribution is 0.147. The fourth-order valence-corrected chi connectivity index (χ4v) is 2.51. The van der Waals surface area contributed by atoms with E-state index in [1.807, 2.05) is 19.2 Å². The van der Waals surface area contributed by atoms with Gasteiger partial charge in [0.2, 0.25) is 5.95 Å². The summed E-state index contributed by atoms with van der Waals surface area (Å²) in [5, 5.41) is 0. The standard InChI is InChI=1S/C13H22N4/c1-10(2)17-8-7-16(9-12(17)4)13-14-6-5-11(3)15-13/h5-6,10,12H,7-9H2,1-4H3/t12-/m1/s1. The number of aromatic nitrogens is 2. The Balaban J connectivity index is 2.07.